The number of thiazole rings is 1. The van der Waals surface area contributed by atoms with Crippen LogP contribution in [-0.4, -0.2) is 89.0 Å². The molecule has 1 saturated heterocycles. The zero-order chi connectivity index (χ0) is 44.8. The number of hydrogen-bond acceptors (Lipinski definition) is 12. The number of aromatic nitrogens is 2. The van der Waals surface area contributed by atoms with Gasteiger partial charge in [-0.25, -0.2) is 18.4 Å². The van der Waals surface area contributed by atoms with Crippen molar-refractivity contribution >= 4 is 61.6 Å². The van der Waals surface area contributed by atoms with Crippen LogP contribution in [0.15, 0.2) is 60.0 Å². The molecule has 5 atom stereocenters. The predicted molar refractivity (Wildman–Crippen MR) is 241 cm³/mol. The third-order valence-electron chi connectivity index (χ3n) is 13.0. The van der Waals surface area contributed by atoms with Gasteiger partial charge in [0.05, 0.1) is 29.6 Å². The van der Waals surface area contributed by atoms with Crippen molar-refractivity contribution in [3.63, 3.8) is 0 Å². The molecule has 15 nitrogen and oxygen atoms in total. The molecule has 4 aliphatic rings. The van der Waals surface area contributed by atoms with E-state index in [9.17, 15) is 22.8 Å². The Morgan fingerprint density at radius 2 is 1.86 bits per heavy atom. The molecule has 0 unspecified atom stereocenters. The van der Waals surface area contributed by atoms with Crippen molar-refractivity contribution in [3.8, 4) is 22.2 Å². The van der Waals surface area contributed by atoms with Crippen molar-refractivity contribution in [3.05, 3.63) is 76.8 Å². The Bertz CT molecular complexity index is 2610. The summed E-state index contributed by atoms with van der Waals surface area (Å²) in [4.78, 5) is 67.4. The molecule has 2 aliphatic carbocycles. The van der Waals surface area contributed by atoms with Gasteiger partial charge < -0.3 is 30.7 Å². The molecular formula is C46H55N7O8S2. The van der Waals surface area contributed by atoms with E-state index in [0.29, 0.717) is 70.9 Å². The summed E-state index contributed by atoms with van der Waals surface area (Å²) < 4.78 is 40.4. The number of anilines is 1. The fraction of sp³-hybridized carbons (Fsp3) is 0.478. The molecule has 0 spiro atoms. The van der Waals surface area contributed by atoms with Crippen molar-refractivity contribution < 1.29 is 37.1 Å². The lowest BCUT2D eigenvalue weighted by molar-refractivity contribution is -0.140. The van der Waals surface area contributed by atoms with Crippen molar-refractivity contribution in [2.24, 2.45) is 11.7 Å². The highest BCUT2D eigenvalue weighted by atomic mass is 32.2. The van der Waals surface area contributed by atoms with Gasteiger partial charge in [-0.1, -0.05) is 44.9 Å². The first-order valence-electron chi connectivity index (χ1n) is 21.7. The Labute approximate surface area is 371 Å². The first-order valence-corrected chi connectivity index (χ1v) is 24.0. The molecule has 2 aromatic heterocycles. The monoisotopic (exact) mass is 897 g/mol. The lowest BCUT2D eigenvalue weighted by Crippen LogP contribution is -2.58. The average molecular weight is 898 g/mol. The number of sulfonamides is 1. The number of allylic oxidation sites excluding steroid dienone is 1. The molecule has 8 rings (SSSR count). The van der Waals surface area contributed by atoms with Crippen LogP contribution >= 0.6 is 11.3 Å². The zero-order valence-electron chi connectivity index (χ0n) is 36.2. The molecule has 334 valence electrons. The summed E-state index contributed by atoms with van der Waals surface area (Å²) in [5.74, 6) is -1.44. The third kappa shape index (κ3) is 8.86. The molecule has 17 heteroatoms. The van der Waals surface area contributed by atoms with Gasteiger partial charge in [0.2, 0.25) is 27.7 Å². The number of benzene rings is 2. The Kier molecular flexibility index (Phi) is 12.0. The SMILES string of the molecule is COc1ccc2c(O[C@@H]3C[C@H]4C(=O)N[C@]5(C(=O)NS(=O)(=O)C6(C)CC6)C[C@H]5/C=C\CCCCC[C@H](Nc5cccc(C(N)=O)c5)C(=O)N4C3)cc(-c3nc(C(C)C)cs3)nc2c1C. The minimum Gasteiger partial charge on any atom is -0.496 e. The molecule has 5 N–H and O–H groups in total. The topological polar surface area (TPSA) is 212 Å². The van der Waals surface area contributed by atoms with Crippen molar-refractivity contribution in [1.82, 2.24) is 24.9 Å². The highest BCUT2D eigenvalue weighted by molar-refractivity contribution is 7.91. The molecule has 4 aromatic rings. The Morgan fingerprint density at radius 1 is 1.06 bits per heavy atom. The van der Waals surface area contributed by atoms with Gasteiger partial charge in [-0.05, 0) is 88.6 Å². The summed E-state index contributed by atoms with van der Waals surface area (Å²) in [5, 5.41) is 9.73. The third-order valence-corrected chi connectivity index (χ3v) is 16.0. The average Bonchev–Trinajstić information content (AvgIpc) is 4.02. The van der Waals surface area contributed by atoms with Crippen LogP contribution in [0, 0.1) is 12.8 Å². The number of rotatable bonds is 11. The van der Waals surface area contributed by atoms with Crippen molar-refractivity contribution in [1.29, 1.82) is 0 Å². The van der Waals surface area contributed by atoms with Crippen LogP contribution in [-0.2, 0) is 24.4 Å². The van der Waals surface area contributed by atoms with E-state index in [-0.39, 0.29) is 36.8 Å². The van der Waals surface area contributed by atoms with Crippen LogP contribution in [0.1, 0.15) is 106 Å². The maximum absolute atomic E-state index is 15.0. The van der Waals surface area contributed by atoms with E-state index in [4.69, 9.17) is 25.2 Å². The lowest BCUT2D eigenvalue weighted by atomic mass is 10.0. The summed E-state index contributed by atoms with van der Waals surface area (Å²) >= 11 is 1.48. The lowest BCUT2D eigenvalue weighted by Gasteiger charge is -2.30. The van der Waals surface area contributed by atoms with Crippen molar-refractivity contribution in [2.45, 2.75) is 120 Å². The summed E-state index contributed by atoms with van der Waals surface area (Å²) in [6.07, 6.45) is 7.76. The van der Waals surface area contributed by atoms with E-state index in [1.165, 1.54) is 16.2 Å². The minimum atomic E-state index is -4.01. The molecule has 4 amide bonds. The van der Waals surface area contributed by atoms with Gasteiger partial charge in [-0.15, -0.1) is 11.3 Å². The number of pyridine rings is 1. The van der Waals surface area contributed by atoms with Gasteiger partial charge in [0.1, 0.15) is 45.9 Å². The minimum absolute atomic E-state index is 0.0225. The number of carbonyl (C=O) groups is 4. The smallest absolute Gasteiger partial charge is 0.259 e. The number of methoxy groups -OCH3 is 1. The molecular weight excluding hydrogens is 843 g/mol. The van der Waals surface area contributed by atoms with E-state index in [0.717, 1.165) is 24.1 Å². The quantitative estimate of drug-likeness (QED) is 0.126. The molecule has 4 heterocycles. The summed E-state index contributed by atoms with van der Waals surface area (Å²) in [7, 11) is -2.41. The number of primary amides is 1. The van der Waals surface area contributed by atoms with Gasteiger partial charge >= 0.3 is 0 Å². The van der Waals surface area contributed by atoms with E-state index >= 15 is 4.79 Å². The largest absolute Gasteiger partial charge is 0.496 e. The number of amides is 4. The summed E-state index contributed by atoms with van der Waals surface area (Å²) in [5.41, 5.74) is 7.87. The second kappa shape index (κ2) is 17.2. The molecule has 2 saturated carbocycles. The molecule has 2 aromatic carbocycles. The van der Waals surface area contributed by atoms with Gasteiger partial charge in [-0.3, -0.25) is 23.9 Å². The Balaban J connectivity index is 1.16. The maximum atomic E-state index is 15.0. The molecule has 0 bridgehead atoms. The highest BCUT2D eigenvalue weighted by Crippen LogP contribution is 2.48. The van der Waals surface area contributed by atoms with E-state index in [1.807, 2.05) is 42.7 Å². The predicted octanol–water partition coefficient (Wildman–Crippen LogP) is 6.12. The number of aryl methyl sites for hydroxylation is 1. The normalized spacial score (nSPS) is 25.2. The number of fused-ring (bicyclic) bond motifs is 3. The Morgan fingerprint density at radius 3 is 2.57 bits per heavy atom. The number of carbonyl (C=O) groups excluding carboxylic acids is 4. The first kappa shape index (κ1) is 44.1. The molecule has 2 aliphatic heterocycles. The zero-order valence-corrected chi connectivity index (χ0v) is 37.9. The fourth-order valence-corrected chi connectivity index (χ4v) is 10.8. The van der Waals surface area contributed by atoms with E-state index in [1.54, 1.807) is 38.3 Å². The summed E-state index contributed by atoms with van der Waals surface area (Å²) in [6, 6.07) is 10.3. The molecule has 63 heavy (non-hydrogen) atoms. The van der Waals surface area contributed by atoms with Crippen molar-refractivity contribution in [2.75, 3.05) is 19.0 Å². The van der Waals surface area contributed by atoms with Gasteiger partial charge in [0.15, 0.2) is 0 Å². The second-order valence-corrected chi connectivity index (χ2v) is 20.9. The van der Waals surface area contributed by atoms with Crippen LogP contribution in [0.4, 0.5) is 5.69 Å². The first-order chi connectivity index (χ1) is 30.0. The standard InChI is InChI=1S/C46H55N7O8S2/c1-26(2)35-25-62-42(50-35)34-22-38(32-16-17-37(60-5)27(3)39(32)49-34)61-31-21-36-41(55)51-46(44(57)52-63(58,59)45(4)18-19-45)23-29(46)13-9-7-6-8-10-15-33(43(56)53(36)24-31)48-30-14-11-12-28(20-30)40(47)54/h9,11-14,16-17,20,22,25-26,29,31,33,36,48H,6-8,10,15,18-19,21,23-24H2,1-5H3,(H2,47,54)(H,51,55)(H,52,57)/b13-9-/t29-,31-,33+,36+,46-/m1/s1. The van der Waals surface area contributed by atoms with E-state index in [2.05, 4.69) is 29.2 Å². The highest BCUT2D eigenvalue weighted by Gasteiger charge is 2.63. The van der Waals surface area contributed by atoms with Crippen LogP contribution in [0.3, 0.4) is 0 Å². The van der Waals surface area contributed by atoms with E-state index < -0.39 is 62.1 Å². The van der Waals surface area contributed by atoms with Crippen LogP contribution in [0.5, 0.6) is 11.5 Å². The number of nitrogens with two attached hydrogens (primary N) is 1. The number of hydrogen-bond donors (Lipinski definition) is 4. The van der Waals surface area contributed by atoms with Gasteiger partial charge in [0.25, 0.3) is 5.91 Å². The second-order valence-electron chi connectivity index (χ2n) is 17.9. The molecule has 0 radical (unpaired) electrons. The number of nitrogens with zero attached hydrogens (tertiary/aromatic N) is 3. The van der Waals surface area contributed by atoms with Gasteiger partial charge in [0, 0.05) is 46.0 Å². The summed E-state index contributed by atoms with van der Waals surface area (Å²) in [6.45, 7) is 7.70. The molecule has 3 fully saturated rings. The van der Waals surface area contributed by atoms with Crippen LogP contribution < -0.4 is 30.6 Å². The number of ether oxygens (including phenoxy) is 2. The van der Waals surface area contributed by atoms with Crippen LogP contribution in [0.25, 0.3) is 21.6 Å². The maximum Gasteiger partial charge on any atom is 0.259 e. The Hall–Kier alpha value is -5.55. The van der Waals surface area contributed by atoms with Gasteiger partial charge in [-0.2, -0.15) is 0 Å². The fourth-order valence-electron chi connectivity index (χ4n) is 8.57. The number of nitrogens with one attached hydrogen (secondary N) is 3. The van der Waals surface area contributed by atoms with Crippen LogP contribution in [0.2, 0.25) is 0 Å².